The second-order valence-corrected chi connectivity index (χ2v) is 8.39. The van der Waals surface area contributed by atoms with Crippen LogP contribution in [0.3, 0.4) is 0 Å². The van der Waals surface area contributed by atoms with E-state index in [9.17, 15) is 8.78 Å². The maximum Gasteiger partial charge on any atom is 0.140 e. The summed E-state index contributed by atoms with van der Waals surface area (Å²) >= 11 is 0. The van der Waals surface area contributed by atoms with Crippen LogP contribution in [0.15, 0.2) is 60.7 Å². The fourth-order valence-electron chi connectivity index (χ4n) is 3.52. The smallest absolute Gasteiger partial charge is 0.140 e. The van der Waals surface area contributed by atoms with E-state index in [2.05, 4.69) is 42.7 Å². The molecule has 0 aliphatic carbocycles. The van der Waals surface area contributed by atoms with Crippen LogP contribution >= 0.6 is 0 Å². The van der Waals surface area contributed by atoms with Crippen LogP contribution < -0.4 is 0 Å². The Bertz CT molecular complexity index is 1160. The molecule has 3 aromatic rings. The maximum absolute atomic E-state index is 14.5. The first-order valence-corrected chi connectivity index (χ1v) is 11.7. The number of benzene rings is 3. The van der Waals surface area contributed by atoms with Gasteiger partial charge in [-0.15, -0.1) is 0 Å². The van der Waals surface area contributed by atoms with Crippen molar-refractivity contribution in [2.75, 3.05) is 0 Å². The summed E-state index contributed by atoms with van der Waals surface area (Å²) in [6.07, 6.45) is 8.73. The summed E-state index contributed by atoms with van der Waals surface area (Å²) < 4.78 is 28.9. The molecule has 0 saturated heterocycles. The van der Waals surface area contributed by atoms with Crippen molar-refractivity contribution >= 4 is 0 Å². The van der Waals surface area contributed by atoms with Gasteiger partial charge in [-0.3, -0.25) is 0 Å². The normalized spacial score (nSPS) is 10.2. The van der Waals surface area contributed by atoms with E-state index in [1.165, 1.54) is 44.1 Å². The van der Waals surface area contributed by atoms with Gasteiger partial charge in [0.05, 0.1) is 11.1 Å². The Morgan fingerprint density at radius 3 is 1.64 bits per heavy atom. The zero-order chi connectivity index (χ0) is 23.5. The molecule has 0 saturated carbocycles. The lowest BCUT2D eigenvalue weighted by Gasteiger charge is -2.02. The van der Waals surface area contributed by atoms with Gasteiger partial charge in [-0.2, -0.15) is 0 Å². The second-order valence-electron chi connectivity index (χ2n) is 8.39. The van der Waals surface area contributed by atoms with E-state index in [1.807, 2.05) is 43.3 Å². The maximum atomic E-state index is 14.5. The van der Waals surface area contributed by atoms with Crippen molar-refractivity contribution in [2.45, 2.75) is 58.8 Å². The highest BCUT2D eigenvalue weighted by Crippen LogP contribution is 2.15. The van der Waals surface area contributed by atoms with Crippen molar-refractivity contribution in [1.82, 2.24) is 0 Å². The highest BCUT2D eigenvalue weighted by molar-refractivity contribution is 5.49. The molecule has 0 atom stereocenters. The standard InChI is InChI=1S/C31H30F2/c1-3-4-5-6-7-8-9-25-14-16-27(17-15-25)19-21-29-23-30(32)28(22-31(29)33)20-18-26-12-10-24(2)11-13-26/h10-17,22-23H,3-9H2,1-2H3. The fourth-order valence-corrected chi connectivity index (χ4v) is 3.52. The lowest BCUT2D eigenvalue weighted by Crippen LogP contribution is -1.92. The van der Waals surface area contributed by atoms with Crippen molar-refractivity contribution in [3.8, 4) is 23.7 Å². The minimum absolute atomic E-state index is 0.0256. The van der Waals surface area contributed by atoms with E-state index < -0.39 is 11.6 Å². The summed E-state index contributed by atoms with van der Waals surface area (Å²) in [5, 5.41) is 0. The molecule has 3 rings (SSSR count). The van der Waals surface area contributed by atoms with Crippen LogP contribution in [0.4, 0.5) is 8.78 Å². The first kappa shape index (κ1) is 24.3. The minimum Gasteiger partial charge on any atom is -0.206 e. The van der Waals surface area contributed by atoms with Crippen LogP contribution in [0.25, 0.3) is 0 Å². The summed E-state index contributed by atoms with van der Waals surface area (Å²) in [5.41, 5.74) is 3.99. The van der Waals surface area contributed by atoms with E-state index >= 15 is 0 Å². The molecule has 0 amide bonds. The van der Waals surface area contributed by atoms with Crippen LogP contribution in [0.1, 0.15) is 78.8 Å². The third kappa shape index (κ3) is 7.93. The van der Waals surface area contributed by atoms with Gasteiger partial charge >= 0.3 is 0 Å². The molecule has 0 N–H and O–H groups in total. The molecule has 3 aromatic carbocycles. The summed E-state index contributed by atoms with van der Waals surface area (Å²) in [4.78, 5) is 0. The average Bonchev–Trinajstić information content (AvgIpc) is 2.82. The lowest BCUT2D eigenvalue weighted by molar-refractivity contribution is 0.594. The topological polar surface area (TPSA) is 0 Å². The quantitative estimate of drug-likeness (QED) is 0.258. The molecule has 0 aliphatic heterocycles. The van der Waals surface area contributed by atoms with E-state index in [0.29, 0.717) is 0 Å². The number of halogens is 2. The monoisotopic (exact) mass is 440 g/mol. The Kier molecular flexibility index (Phi) is 9.29. The van der Waals surface area contributed by atoms with Gasteiger partial charge in [0.2, 0.25) is 0 Å². The van der Waals surface area contributed by atoms with Crippen molar-refractivity contribution < 1.29 is 8.78 Å². The summed E-state index contributed by atoms with van der Waals surface area (Å²) in [7, 11) is 0. The highest BCUT2D eigenvalue weighted by atomic mass is 19.1. The number of unbranched alkanes of at least 4 members (excludes halogenated alkanes) is 5. The Morgan fingerprint density at radius 2 is 1.09 bits per heavy atom. The van der Waals surface area contributed by atoms with E-state index in [4.69, 9.17) is 0 Å². The third-order valence-electron chi connectivity index (χ3n) is 5.56. The molecule has 0 nitrogen and oxygen atoms in total. The zero-order valence-corrected chi connectivity index (χ0v) is 19.5. The first-order valence-electron chi connectivity index (χ1n) is 11.7. The van der Waals surface area contributed by atoms with E-state index in [0.717, 1.165) is 35.2 Å². The van der Waals surface area contributed by atoms with Gasteiger partial charge in [0, 0.05) is 11.1 Å². The highest BCUT2D eigenvalue weighted by Gasteiger charge is 2.07. The van der Waals surface area contributed by atoms with Crippen LogP contribution in [0.5, 0.6) is 0 Å². The average molecular weight is 441 g/mol. The van der Waals surface area contributed by atoms with Gasteiger partial charge in [-0.25, -0.2) is 8.78 Å². The SMILES string of the molecule is CCCCCCCCc1ccc(C#Cc2cc(F)c(C#Cc3ccc(C)cc3)cc2F)cc1. The van der Waals surface area contributed by atoms with Crippen LogP contribution in [-0.4, -0.2) is 0 Å². The number of rotatable bonds is 7. The Morgan fingerprint density at radius 1 is 0.606 bits per heavy atom. The second kappa shape index (κ2) is 12.6. The summed E-state index contributed by atoms with van der Waals surface area (Å²) in [6, 6.07) is 17.8. The van der Waals surface area contributed by atoms with E-state index in [1.54, 1.807) is 0 Å². The van der Waals surface area contributed by atoms with E-state index in [-0.39, 0.29) is 11.1 Å². The molecule has 0 fully saturated rings. The van der Waals surface area contributed by atoms with Crippen molar-refractivity contribution in [3.63, 3.8) is 0 Å². The van der Waals surface area contributed by atoms with Crippen LogP contribution in [0.2, 0.25) is 0 Å². The first-order chi connectivity index (χ1) is 16.0. The molecule has 168 valence electrons. The van der Waals surface area contributed by atoms with Gasteiger partial charge in [0.25, 0.3) is 0 Å². The molecular formula is C31H30F2. The van der Waals surface area contributed by atoms with Crippen molar-refractivity contribution in [1.29, 1.82) is 0 Å². The zero-order valence-electron chi connectivity index (χ0n) is 19.5. The van der Waals surface area contributed by atoms with Crippen LogP contribution in [0, 0.1) is 42.2 Å². The molecule has 2 heteroatoms. The number of aryl methyl sites for hydroxylation is 2. The Balaban J connectivity index is 1.62. The van der Waals surface area contributed by atoms with Gasteiger partial charge in [-0.1, -0.05) is 92.5 Å². The van der Waals surface area contributed by atoms with Gasteiger partial charge in [0.1, 0.15) is 11.6 Å². The van der Waals surface area contributed by atoms with Gasteiger partial charge < -0.3 is 0 Å². The van der Waals surface area contributed by atoms with Crippen LogP contribution in [-0.2, 0) is 6.42 Å². The fraction of sp³-hybridized carbons (Fsp3) is 0.290. The summed E-state index contributed by atoms with van der Waals surface area (Å²) in [6.45, 7) is 4.21. The predicted octanol–water partition coefficient (Wildman–Crippen LogP) is 7.98. The predicted molar refractivity (Wildman–Crippen MR) is 133 cm³/mol. The molecule has 0 unspecified atom stereocenters. The molecule has 0 radical (unpaired) electrons. The number of hydrogen-bond acceptors (Lipinski definition) is 0. The molecule has 33 heavy (non-hydrogen) atoms. The Hall–Kier alpha value is -3.36. The lowest BCUT2D eigenvalue weighted by atomic mass is 10.0. The number of hydrogen-bond donors (Lipinski definition) is 0. The van der Waals surface area contributed by atoms with Crippen molar-refractivity contribution in [2.24, 2.45) is 0 Å². The minimum atomic E-state index is -0.574. The van der Waals surface area contributed by atoms with Gasteiger partial charge in [-0.05, 0) is 61.7 Å². The molecule has 0 heterocycles. The van der Waals surface area contributed by atoms with Crippen molar-refractivity contribution in [3.05, 3.63) is 106 Å². The third-order valence-corrected chi connectivity index (χ3v) is 5.56. The molecule has 0 spiro atoms. The summed E-state index contributed by atoms with van der Waals surface area (Å²) in [5.74, 6) is 10.1. The molecular weight excluding hydrogens is 410 g/mol. The largest absolute Gasteiger partial charge is 0.206 e. The Labute approximate surface area is 197 Å². The molecule has 0 aromatic heterocycles. The van der Waals surface area contributed by atoms with Gasteiger partial charge in [0.15, 0.2) is 0 Å². The molecule has 0 bridgehead atoms. The molecule has 0 aliphatic rings.